The van der Waals surface area contributed by atoms with Crippen LogP contribution in [0, 0.1) is 0 Å². The van der Waals surface area contributed by atoms with Crippen LogP contribution in [0.25, 0.3) is 10.6 Å². The summed E-state index contributed by atoms with van der Waals surface area (Å²) < 4.78 is 5.96. The van der Waals surface area contributed by atoms with Gasteiger partial charge in [0.2, 0.25) is 0 Å². The summed E-state index contributed by atoms with van der Waals surface area (Å²) in [5.41, 5.74) is 3.28. The molecule has 1 aliphatic heterocycles. The zero-order valence-corrected chi connectivity index (χ0v) is 17.9. The molecule has 1 aliphatic rings. The third-order valence-corrected chi connectivity index (χ3v) is 6.08. The summed E-state index contributed by atoms with van der Waals surface area (Å²) in [7, 11) is 3.94. The predicted octanol–water partition coefficient (Wildman–Crippen LogP) is 5.22. The lowest BCUT2D eigenvalue weighted by Gasteiger charge is -2.10. The first-order valence-corrected chi connectivity index (χ1v) is 10.7. The number of hydrogen-bond donors (Lipinski definition) is 1. The van der Waals surface area contributed by atoms with Gasteiger partial charge < -0.3 is 15.0 Å². The second-order valence-corrected chi connectivity index (χ2v) is 8.61. The summed E-state index contributed by atoms with van der Waals surface area (Å²) in [5, 5.41) is 3.90. The molecule has 5 rings (SSSR count). The lowest BCUT2D eigenvalue weighted by molar-refractivity contribution is 0.102. The van der Waals surface area contributed by atoms with Crippen LogP contribution in [-0.4, -0.2) is 30.0 Å². The number of hydrogen-bond acceptors (Lipinski definition) is 6. The van der Waals surface area contributed by atoms with Crippen molar-refractivity contribution >= 4 is 28.7 Å². The highest BCUT2D eigenvalue weighted by atomic mass is 32.1. The van der Waals surface area contributed by atoms with Gasteiger partial charge in [-0.3, -0.25) is 4.79 Å². The number of amides is 1. The zero-order chi connectivity index (χ0) is 21.4. The first-order valence-electron chi connectivity index (χ1n) is 9.86. The van der Waals surface area contributed by atoms with Gasteiger partial charge in [-0.05, 0) is 42.0 Å². The van der Waals surface area contributed by atoms with E-state index in [9.17, 15) is 4.79 Å². The molecule has 3 heterocycles. The average molecular weight is 429 g/mol. The molecular formula is C24H20N4O2S. The van der Waals surface area contributed by atoms with Crippen molar-refractivity contribution in [3.63, 3.8) is 0 Å². The summed E-state index contributed by atoms with van der Waals surface area (Å²) in [6.45, 7) is 0. The summed E-state index contributed by atoms with van der Waals surface area (Å²) in [4.78, 5) is 24.7. The van der Waals surface area contributed by atoms with Crippen molar-refractivity contribution in [3.8, 4) is 22.1 Å². The molecule has 0 radical (unpaired) electrons. The van der Waals surface area contributed by atoms with E-state index in [1.807, 2.05) is 73.9 Å². The Morgan fingerprint density at radius 3 is 2.68 bits per heavy atom. The molecule has 2 aromatic carbocycles. The van der Waals surface area contributed by atoms with Crippen molar-refractivity contribution in [2.45, 2.75) is 6.42 Å². The molecule has 0 saturated heterocycles. The van der Waals surface area contributed by atoms with Gasteiger partial charge in [-0.25, -0.2) is 9.97 Å². The molecule has 31 heavy (non-hydrogen) atoms. The highest BCUT2D eigenvalue weighted by Gasteiger charge is 2.20. The number of thiazole rings is 1. The number of benzene rings is 2. The highest BCUT2D eigenvalue weighted by Crippen LogP contribution is 2.37. The van der Waals surface area contributed by atoms with Gasteiger partial charge in [-0.2, -0.15) is 0 Å². The molecule has 1 N–H and O–H groups in total. The normalized spacial score (nSPS) is 12.3. The van der Waals surface area contributed by atoms with E-state index in [2.05, 4.69) is 15.3 Å². The molecule has 0 bridgehead atoms. The predicted molar refractivity (Wildman–Crippen MR) is 123 cm³/mol. The van der Waals surface area contributed by atoms with E-state index in [1.165, 1.54) is 0 Å². The van der Waals surface area contributed by atoms with Crippen LogP contribution < -0.4 is 15.0 Å². The molecule has 0 fully saturated rings. The third-order valence-electron chi connectivity index (χ3n) is 5.03. The molecule has 154 valence electrons. The largest absolute Gasteiger partial charge is 0.454 e. The molecule has 4 aromatic rings. The lowest BCUT2D eigenvalue weighted by Crippen LogP contribution is -2.10. The molecule has 0 atom stereocenters. The molecule has 7 heteroatoms. The number of carbonyl (C=O) groups excluding carboxylic acids is 1. The van der Waals surface area contributed by atoms with E-state index in [0.29, 0.717) is 22.7 Å². The fraction of sp³-hybridized carbons (Fsp3) is 0.125. The quantitative estimate of drug-likeness (QED) is 0.483. The van der Waals surface area contributed by atoms with E-state index < -0.39 is 0 Å². The van der Waals surface area contributed by atoms with Crippen LogP contribution >= 0.6 is 11.3 Å². The van der Waals surface area contributed by atoms with Crippen LogP contribution in [0.15, 0.2) is 67.0 Å². The fourth-order valence-corrected chi connectivity index (χ4v) is 4.36. The average Bonchev–Trinajstić information content (AvgIpc) is 3.18. The van der Waals surface area contributed by atoms with E-state index in [4.69, 9.17) is 4.74 Å². The molecule has 0 aliphatic carbocycles. The number of para-hydroxylation sites is 1. The SMILES string of the molecule is CN(C)c1ccc(-c2ncc(Cc3ccc4c(c3)NC(=O)c3ccccc3O4)s2)cn1. The summed E-state index contributed by atoms with van der Waals surface area (Å²) in [5.74, 6) is 1.95. The number of nitrogens with zero attached hydrogens (tertiary/aromatic N) is 3. The number of aromatic nitrogens is 2. The minimum absolute atomic E-state index is 0.166. The maximum absolute atomic E-state index is 12.6. The van der Waals surface area contributed by atoms with Crippen molar-refractivity contribution in [2.75, 3.05) is 24.3 Å². The molecule has 0 saturated carbocycles. The zero-order valence-electron chi connectivity index (χ0n) is 17.1. The number of pyridine rings is 1. The Balaban J connectivity index is 1.36. The summed E-state index contributed by atoms with van der Waals surface area (Å²) >= 11 is 1.64. The van der Waals surface area contributed by atoms with Crippen LogP contribution in [0.5, 0.6) is 11.5 Å². The van der Waals surface area contributed by atoms with Gasteiger partial charge in [-0.15, -0.1) is 11.3 Å². The summed E-state index contributed by atoms with van der Waals surface area (Å²) in [6.07, 6.45) is 4.47. The van der Waals surface area contributed by atoms with E-state index in [1.54, 1.807) is 23.5 Å². The van der Waals surface area contributed by atoms with Crippen LogP contribution in [0.3, 0.4) is 0 Å². The number of fused-ring (bicyclic) bond motifs is 2. The molecule has 0 spiro atoms. The van der Waals surface area contributed by atoms with Gasteiger partial charge in [0.1, 0.15) is 16.6 Å². The van der Waals surface area contributed by atoms with Crippen molar-refractivity contribution in [3.05, 3.63) is 83.0 Å². The topological polar surface area (TPSA) is 67.4 Å². The van der Waals surface area contributed by atoms with E-state index >= 15 is 0 Å². The minimum atomic E-state index is -0.166. The first-order chi connectivity index (χ1) is 15.1. The molecule has 1 amide bonds. The van der Waals surface area contributed by atoms with Crippen molar-refractivity contribution in [1.82, 2.24) is 9.97 Å². The van der Waals surface area contributed by atoms with Gasteiger partial charge in [0, 0.05) is 43.4 Å². The lowest BCUT2D eigenvalue weighted by atomic mass is 10.1. The monoisotopic (exact) mass is 428 g/mol. The van der Waals surface area contributed by atoms with Crippen LogP contribution in [0.1, 0.15) is 20.8 Å². The Morgan fingerprint density at radius 1 is 1.00 bits per heavy atom. The van der Waals surface area contributed by atoms with Gasteiger partial charge in [0.15, 0.2) is 5.75 Å². The molecular weight excluding hydrogens is 408 g/mol. The Kier molecular flexibility index (Phi) is 4.88. The fourth-order valence-electron chi connectivity index (χ4n) is 3.43. The van der Waals surface area contributed by atoms with Crippen LogP contribution in [-0.2, 0) is 6.42 Å². The minimum Gasteiger partial charge on any atom is -0.454 e. The second kappa shape index (κ2) is 7.85. The van der Waals surface area contributed by atoms with Crippen LogP contribution in [0.4, 0.5) is 11.5 Å². The van der Waals surface area contributed by atoms with Gasteiger partial charge in [0.05, 0.1) is 11.3 Å². The maximum Gasteiger partial charge on any atom is 0.259 e. The Bertz CT molecular complexity index is 1260. The van der Waals surface area contributed by atoms with Crippen LogP contribution in [0.2, 0.25) is 0 Å². The summed E-state index contributed by atoms with van der Waals surface area (Å²) in [6, 6.07) is 17.2. The third kappa shape index (κ3) is 3.87. The molecule has 2 aromatic heterocycles. The number of nitrogens with one attached hydrogen (secondary N) is 1. The molecule has 0 unspecified atom stereocenters. The molecule has 6 nitrogen and oxygen atoms in total. The van der Waals surface area contributed by atoms with Crippen molar-refractivity contribution in [2.24, 2.45) is 0 Å². The van der Waals surface area contributed by atoms with Gasteiger partial charge in [-0.1, -0.05) is 18.2 Å². The smallest absolute Gasteiger partial charge is 0.259 e. The number of anilines is 2. The first kappa shape index (κ1) is 19.3. The number of rotatable bonds is 4. The second-order valence-electron chi connectivity index (χ2n) is 7.49. The van der Waals surface area contributed by atoms with E-state index in [-0.39, 0.29) is 5.91 Å². The van der Waals surface area contributed by atoms with Crippen molar-refractivity contribution < 1.29 is 9.53 Å². The standard InChI is InChI=1S/C24H20N4O2S/c1-28(2)22-10-8-16(13-25-22)24-26-14-17(31-24)11-15-7-9-21-19(12-15)27-23(29)18-5-3-4-6-20(18)30-21/h3-10,12-14H,11H2,1-2H3,(H,27,29). The van der Waals surface area contributed by atoms with Crippen molar-refractivity contribution in [1.29, 1.82) is 0 Å². The number of carbonyl (C=O) groups is 1. The van der Waals surface area contributed by atoms with E-state index in [0.717, 1.165) is 33.3 Å². The Labute approximate surface area is 184 Å². The Hall–Kier alpha value is -3.71. The van der Waals surface area contributed by atoms with Gasteiger partial charge in [0.25, 0.3) is 5.91 Å². The van der Waals surface area contributed by atoms with Gasteiger partial charge >= 0.3 is 0 Å². The number of ether oxygens (including phenoxy) is 1. The highest BCUT2D eigenvalue weighted by molar-refractivity contribution is 7.15. The maximum atomic E-state index is 12.6. The Morgan fingerprint density at radius 2 is 1.87 bits per heavy atom.